The van der Waals surface area contributed by atoms with E-state index in [2.05, 4.69) is 59.7 Å². The Labute approximate surface area is 243 Å². The predicted molar refractivity (Wildman–Crippen MR) is 170 cm³/mol. The fourth-order valence-corrected chi connectivity index (χ4v) is 5.47. The first-order valence-corrected chi connectivity index (χ1v) is 15.6. The van der Waals surface area contributed by atoms with E-state index in [0.29, 0.717) is 11.8 Å². The first-order chi connectivity index (χ1) is 19.3. The van der Waals surface area contributed by atoms with Crippen LogP contribution in [0.15, 0.2) is 47.5 Å². The largest absolute Gasteiger partial charge is 0.339 e. The van der Waals surface area contributed by atoms with Gasteiger partial charge in [-0.25, -0.2) is 4.98 Å². The topological polar surface area (TPSA) is 53.7 Å². The number of aromatic nitrogens is 2. The van der Waals surface area contributed by atoms with Crippen molar-refractivity contribution in [1.29, 1.82) is 0 Å². The molecule has 0 unspecified atom stereocenters. The number of piperidine rings is 1. The van der Waals surface area contributed by atoms with E-state index < -0.39 is 0 Å². The third kappa shape index (κ3) is 9.72. The summed E-state index contributed by atoms with van der Waals surface area (Å²) in [5, 5.41) is 0. The summed E-state index contributed by atoms with van der Waals surface area (Å²) in [6, 6.07) is 6.12. The van der Waals surface area contributed by atoms with Crippen LogP contribution in [-0.4, -0.2) is 71.2 Å². The van der Waals surface area contributed by atoms with Gasteiger partial charge in [-0.2, -0.15) is 0 Å². The third-order valence-electron chi connectivity index (χ3n) is 7.88. The number of rotatable bonds is 16. The number of hydrogen-bond acceptors (Lipinski definition) is 4. The van der Waals surface area contributed by atoms with Crippen molar-refractivity contribution in [2.45, 2.75) is 85.6 Å². The van der Waals surface area contributed by atoms with Crippen molar-refractivity contribution in [3.63, 3.8) is 0 Å². The van der Waals surface area contributed by atoms with Gasteiger partial charge in [0.05, 0.1) is 11.0 Å². The van der Waals surface area contributed by atoms with E-state index in [9.17, 15) is 4.79 Å². The molecule has 0 radical (unpaired) electrons. The highest BCUT2D eigenvalue weighted by atomic mass is 16.2. The van der Waals surface area contributed by atoms with Gasteiger partial charge < -0.3 is 14.4 Å². The molecule has 220 valence electrons. The van der Waals surface area contributed by atoms with Crippen LogP contribution >= 0.6 is 0 Å². The molecular formula is C34H53N5O. The number of hydrogen-bond donors (Lipinski definition) is 0. The van der Waals surface area contributed by atoms with Gasteiger partial charge in [-0.3, -0.25) is 9.79 Å². The van der Waals surface area contributed by atoms with Gasteiger partial charge in [0.15, 0.2) is 0 Å². The molecule has 6 nitrogen and oxygen atoms in total. The molecule has 0 aliphatic carbocycles. The molecule has 1 aliphatic rings. The third-order valence-corrected chi connectivity index (χ3v) is 7.88. The number of allylic oxidation sites excluding steroid dienone is 3. The van der Waals surface area contributed by atoms with Crippen LogP contribution in [0.2, 0.25) is 0 Å². The van der Waals surface area contributed by atoms with Crippen LogP contribution in [0.4, 0.5) is 0 Å². The standard InChI is InChI=1S/C34H53N5O/c1-7-12-29(26-35-6)13-16-33-36-31-15-14-30(34(40)38(23-17-27(2)3)24-18-28(4)5)25-32(31)39(33)22-11-21-37-19-9-8-10-20-37/h7,12,14-15,25-28H,1,8-11,13,16-24H2,2-6H3. The van der Waals surface area contributed by atoms with Crippen molar-refractivity contribution >= 4 is 23.2 Å². The van der Waals surface area contributed by atoms with E-state index in [0.717, 1.165) is 86.3 Å². The van der Waals surface area contributed by atoms with Crippen molar-refractivity contribution in [2.75, 3.05) is 39.8 Å². The van der Waals surface area contributed by atoms with Gasteiger partial charge in [0.2, 0.25) is 0 Å². The Kier molecular flexibility index (Phi) is 13.1. The molecule has 1 saturated heterocycles. The number of carbonyl (C=O) groups is 1. The molecule has 1 aromatic heterocycles. The summed E-state index contributed by atoms with van der Waals surface area (Å²) in [7, 11) is 1.80. The highest BCUT2D eigenvalue weighted by Gasteiger charge is 2.20. The van der Waals surface area contributed by atoms with E-state index in [-0.39, 0.29) is 5.91 Å². The first kappa shape index (κ1) is 31.8. The zero-order valence-electron chi connectivity index (χ0n) is 25.9. The lowest BCUT2D eigenvalue weighted by Crippen LogP contribution is -2.34. The Bertz CT molecular complexity index is 1120. The molecule has 1 fully saturated rings. The van der Waals surface area contributed by atoms with Crippen molar-refractivity contribution in [3.8, 4) is 0 Å². The monoisotopic (exact) mass is 547 g/mol. The number of likely N-dealkylation sites (tertiary alicyclic amines) is 1. The lowest BCUT2D eigenvalue weighted by Gasteiger charge is -2.26. The Morgan fingerprint density at radius 2 is 1.77 bits per heavy atom. The smallest absolute Gasteiger partial charge is 0.253 e. The second-order valence-electron chi connectivity index (χ2n) is 12.2. The number of amides is 1. The van der Waals surface area contributed by atoms with E-state index >= 15 is 0 Å². The number of aryl methyl sites for hydroxylation is 2. The maximum atomic E-state index is 13.8. The summed E-state index contributed by atoms with van der Waals surface area (Å²) in [5.41, 5.74) is 3.96. The minimum absolute atomic E-state index is 0.140. The average molecular weight is 548 g/mol. The molecule has 0 spiro atoms. The molecule has 1 aromatic carbocycles. The maximum absolute atomic E-state index is 13.8. The molecule has 6 heteroatoms. The molecule has 1 amide bonds. The Morgan fingerprint density at radius 1 is 1.07 bits per heavy atom. The zero-order chi connectivity index (χ0) is 28.9. The van der Waals surface area contributed by atoms with Crippen LogP contribution in [0.25, 0.3) is 11.0 Å². The highest BCUT2D eigenvalue weighted by molar-refractivity contribution is 5.97. The number of nitrogens with zero attached hydrogens (tertiary/aromatic N) is 5. The molecule has 40 heavy (non-hydrogen) atoms. The summed E-state index contributed by atoms with van der Waals surface area (Å²) >= 11 is 0. The van der Waals surface area contributed by atoms with Crippen molar-refractivity contribution < 1.29 is 4.79 Å². The number of benzene rings is 1. The molecule has 2 heterocycles. The lowest BCUT2D eigenvalue weighted by molar-refractivity contribution is 0.0741. The van der Waals surface area contributed by atoms with E-state index in [4.69, 9.17) is 4.98 Å². The molecule has 1 aliphatic heterocycles. The molecule has 3 rings (SSSR count). The fraction of sp³-hybridized carbons (Fsp3) is 0.618. The van der Waals surface area contributed by atoms with Gasteiger partial charge in [-0.15, -0.1) is 0 Å². The second kappa shape index (κ2) is 16.5. The van der Waals surface area contributed by atoms with Gasteiger partial charge in [0.25, 0.3) is 5.91 Å². The van der Waals surface area contributed by atoms with Gasteiger partial charge in [-0.05, 0) is 93.8 Å². The van der Waals surface area contributed by atoms with E-state index in [1.807, 2.05) is 30.5 Å². The quantitative estimate of drug-likeness (QED) is 0.165. The van der Waals surface area contributed by atoms with Crippen LogP contribution < -0.4 is 0 Å². The molecule has 0 bridgehead atoms. The van der Waals surface area contributed by atoms with Crippen LogP contribution in [0.1, 0.15) is 88.8 Å². The van der Waals surface area contributed by atoms with Crippen LogP contribution in [0.5, 0.6) is 0 Å². The van der Waals surface area contributed by atoms with Gasteiger partial charge in [-0.1, -0.05) is 52.8 Å². The van der Waals surface area contributed by atoms with Gasteiger partial charge in [0, 0.05) is 44.9 Å². The molecule has 0 saturated carbocycles. The number of fused-ring (bicyclic) bond motifs is 1. The molecular weight excluding hydrogens is 494 g/mol. The van der Waals surface area contributed by atoms with Gasteiger partial charge >= 0.3 is 0 Å². The predicted octanol–water partition coefficient (Wildman–Crippen LogP) is 7.19. The number of aliphatic imine (C=N–C) groups is 1. The lowest BCUT2D eigenvalue weighted by atomic mass is 10.1. The summed E-state index contributed by atoms with van der Waals surface area (Å²) in [4.78, 5) is 27.7. The number of carbonyl (C=O) groups excluding carboxylic acids is 1. The van der Waals surface area contributed by atoms with Gasteiger partial charge in [0.1, 0.15) is 5.82 Å². The normalized spacial score (nSPS) is 15.1. The van der Waals surface area contributed by atoms with Crippen molar-refractivity contribution in [1.82, 2.24) is 19.4 Å². The van der Waals surface area contributed by atoms with Crippen LogP contribution in [-0.2, 0) is 13.0 Å². The Morgan fingerprint density at radius 3 is 2.40 bits per heavy atom. The Balaban J connectivity index is 1.88. The molecule has 2 aromatic rings. The zero-order valence-corrected chi connectivity index (χ0v) is 25.9. The Hall–Kier alpha value is -2.73. The summed E-state index contributed by atoms with van der Waals surface area (Å²) in [6.45, 7) is 18.8. The SMILES string of the molecule is C=CC=C(C=NC)CCc1nc2ccc(C(=O)N(CCC(C)C)CCC(C)C)cc2n1CCCN1CCCCC1. The van der Waals surface area contributed by atoms with Crippen molar-refractivity contribution in [2.24, 2.45) is 16.8 Å². The summed E-state index contributed by atoms with van der Waals surface area (Å²) < 4.78 is 2.37. The molecule has 0 atom stereocenters. The summed E-state index contributed by atoms with van der Waals surface area (Å²) in [5.74, 6) is 2.35. The number of imidazole rings is 1. The average Bonchev–Trinajstić information content (AvgIpc) is 3.28. The summed E-state index contributed by atoms with van der Waals surface area (Å²) in [6.07, 6.45) is 14.5. The fourth-order valence-electron chi connectivity index (χ4n) is 5.47. The second-order valence-corrected chi connectivity index (χ2v) is 12.2. The van der Waals surface area contributed by atoms with Crippen LogP contribution in [0, 0.1) is 11.8 Å². The first-order valence-electron chi connectivity index (χ1n) is 15.6. The van der Waals surface area contributed by atoms with Crippen LogP contribution in [0.3, 0.4) is 0 Å². The van der Waals surface area contributed by atoms with Crippen molar-refractivity contribution in [3.05, 3.63) is 53.9 Å². The minimum Gasteiger partial charge on any atom is -0.339 e. The minimum atomic E-state index is 0.140. The maximum Gasteiger partial charge on any atom is 0.253 e. The van der Waals surface area contributed by atoms with E-state index in [1.165, 1.54) is 32.4 Å². The van der Waals surface area contributed by atoms with E-state index in [1.54, 1.807) is 7.05 Å². The highest BCUT2D eigenvalue weighted by Crippen LogP contribution is 2.23. The molecule has 0 N–H and O–H groups in total.